The van der Waals surface area contributed by atoms with Gasteiger partial charge in [0.15, 0.2) is 5.96 Å². The summed E-state index contributed by atoms with van der Waals surface area (Å²) in [5, 5.41) is 19.4. The minimum absolute atomic E-state index is 0. The normalized spacial score (nSPS) is 18.6. The van der Waals surface area contributed by atoms with E-state index >= 15 is 0 Å². The molecule has 0 bridgehead atoms. The van der Waals surface area contributed by atoms with Gasteiger partial charge >= 0.3 is 0 Å². The molecule has 1 fully saturated rings. The SMILES string of the molecule is CCNC(=NCC(C)(O)c1cccs1)NCC1CCN(CCOC)CC1.I. The molecular formula is C19H35IN4O2S. The van der Waals surface area contributed by atoms with Crippen LogP contribution in [-0.2, 0) is 10.3 Å². The topological polar surface area (TPSA) is 69.1 Å². The third-order valence-electron chi connectivity index (χ3n) is 4.82. The van der Waals surface area contributed by atoms with Crippen molar-refractivity contribution in [1.29, 1.82) is 0 Å². The van der Waals surface area contributed by atoms with E-state index in [1.165, 1.54) is 12.8 Å². The van der Waals surface area contributed by atoms with Crippen LogP contribution in [0.25, 0.3) is 0 Å². The minimum atomic E-state index is -0.927. The van der Waals surface area contributed by atoms with Crippen LogP contribution in [0.3, 0.4) is 0 Å². The molecule has 1 aromatic rings. The highest BCUT2D eigenvalue weighted by Crippen LogP contribution is 2.25. The maximum atomic E-state index is 10.6. The predicted octanol–water partition coefficient (Wildman–Crippen LogP) is 2.49. The molecule has 0 amide bonds. The van der Waals surface area contributed by atoms with Gasteiger partial charge in [0.1, 0.15) is 5.60 Å². The Labute approximate surface area is 184 Å². The number of thiophene rings is 1. The number of aliphatic imine (C=N–C) groups is 1. The van der Waals surface area contributed by atoms with Gasteiger partial charge in [-0.3, -0.25) is 0 Å². The van der Waals surface area contributed by atoms with Crippen molar-refractivity contribution >= 4 is 41.3 Å². The van der Waals surface area contributed by atoms with Gasteiger partial charge in [0.25, 0.3) is 0 Å². The molecule has 3 N–H and O–H groups in total. The highest BCUT2D eigenvalue weighted by atomic mass is 127. The van der Waals surface area contributed by atoms with Crippen LogP contribution in [0.4, 0.5) is 0 Å². The molecule has 1 unspecified atom stereocenters. The number of hydrogen-bond donors (Lipinski definition) is 3. The molecular weight excluding hydrogens is 475 g/mol. The second-order valence-electron chi connectivity index (χ2n) is 7.11. The van der Waals surface area contributed by atoms with Gasteiger partial charge in [-0.25, -0.2) is 4.99 Å². The lowest BCUT2D eigenvalue weighted by molar-refractivity contribution is 0.0711. The molecule has 2 rings (SSSR count). The molecule has 8 heteroatoms. The van der Waals surface area contributed by atoms with Gasteiger partial charge in [0, 0.05) is 31.6 Å². The Morgan fingerprint density at radius 2 is 2.15 bits per heavy atom. The van der Waals surface area contributed by atoms with Crippen LogP contribution < -0.4 is 10.6 Å². The summed E-state index contributed by atoms with van der Waals surface area (Å²) in [7, 11) is 1.76. The van der Waals surface area contributed by atoms with Crippen LogP contribution in [0.2, 0.25) is 0 Å². The Balaban J connectivity index is 0.00000364. The Bertz CT molecular complexity index is 532. The van der Waals surface area contributed by atoms with Crippen LogP contribution in [0.15, 0.2) is 22.5 Å². The lowest BCUT2D eigenvalue weighted by Gasteiger charge is -2.32. The fraction of sp³-hybridized carbons (Fsp3) is 0.737. The van der Waals surface area contributed by atoms with Gasteiger partial charge < -0.3 is 25.4 Å². The number of rotatable bonds is 9. The fourth-order valence-electron chi connectivity index (χ4n) is 3.11. The van der Waals surface area contributed by atoms with Crippen molar-refractivity contribution in [3.63, 3.8) is 0 Å². The Kier molecular flexibility index (Phi) is 11.8. The zero-order valence-electron chi connectivity index (χ0n) is 16.7. The zero-order valence-corrected chi connectivity index (χ0v) is 19.9. The number of nitrogens with one attached hydrogen (secondary N) is 2. The first-order chi connectivity index (χ1) is 12.5. The van der Waals surface area contributed by atoms with Crippen LogP contribution in [-0.4, -0.2) is 69.0 Å². The minimum Gasteiger partial charge on any atom is -0.383 e. The maximum Gasteiger partial charge on any atom is 0.191 e. The largest absolute Gasteiger partial charge is 0.383 e. The van der Waals surface area contributed by atoms with E-state index in [2.05, 4.69) is 27.4 Å². The van der Waals surface area contributed by atoms with Gasteiger partial charge in [0.2, 0.25) is 0 Å². The molecule has 0 aliphatic carbocycles. The van der Waals surface area contributed by atoms with Crippen molar-refractivity contribution in [2.75, 3.05) is 53.0 Å². The van der Waals surface area contributed by atoms with Crippen molar-refractivity contribution < 1.29 is 9.84 Å². The number of methoxy groups -OCH3 is 1. The molecule has 1 aromatic heterocycles. The molecule has 27 heavy (non-hydrogen) atoms. The summed E-state index contributed by atoms with van der Waals surface area (Å²) in [6.07, 6.45) is 2.39. The summed E-state index contributed by atoms with van der Waals surface area (Å²) in [4.78, 5) is 8.02. The number of ether oxygens (including phenoxy) is 1. The van der Waals surface area contributed by atoms with E-state index in [0.29, 0.717) is 12.5 Å². The summed E-state index contributed by atoms with van der Waals surface area (Å²) in [5.41, 5.74) is -0.927. The van der Waals surface area contributed by atoms with E-state index in [4.69, 9.17) is 4.74 Å². The summed E-state index contributed by atoms with van der Waals surface area (Å²) in [6, 6.07) is 3.92. The van der Waals surface area contributed by atoms with Gasteiger partial charge in [-0.1, -0.05) is 6.07 Å². The second-order valence-corrected chi connectivity index (χ2v) is 8.05. The summed E-state index contributed by atoms with van der Waals surface area (Å²) in [6.45, 7) is 10.1. The lowest BCUT2D eigenvalue weighted by atomic mass is 9.97. The average Bonchev–Trinajstić information content (AvgIpc) is 3.19. The molecule has 0 aromatic carbocycles. The van der Waals surface area contributed by atoms with Crippen LogP contribution in [0.5, 0.6) is 0 Å². The maximum absolute atomic E-state index is 10.6. The first-order valence-corrected chi connectivity index (χ1v) is 10.4. The smallest absolute Gasteiger partial charge is 0.191 e. The van der Waals surface area contributed by atoms with Crippen molar-refractivity contribution in [2.24, 2.45) is 10.9 Å². The zero-order chi connectivity index (χ0) is 18.8. The van der Waals surface area contributed by atoms with E-state index in [1.807, 2.05) is 24.4 Å². The number of hydrogen-bond acceptors (Lipinski definition) is 5. The molecule has 0 spiro atoms. The predicted molar refractivity (Wildman–Crippen MR) is 124 cm³/mol. The number of guanidine groups is 1. The van der Waals surface area contributed by atoms with E-state index in [-0.39, 0.29) is 24.0 Å². The van der Waals surface area contributed by atoms with Crippen LogP contribution in [0, 0.1) is 5.92 Å². The summed E-state index contributed by atoms with van der Waals surface area (Å²) < 4.78 is 5.16. The molecule has 6 nitrogen and oxygen atoms in total. The Morgan fingerprint density at radius 3 is 2.74 bits per heavy atom. The molecule has 2 heterocycles. The van der Waals surface area contributed by atoms with Crippen LogP contribution >= 0.6 is 35.3 Å². The number of halogens is 1. The Morgan fingerprint density at radius 1 is 1.41 bits per heavy atom. The molecule has 1 atom stereocenters. The van der Waals surface area contributed by atoms with E-state index in [9.17, 15) is 5.11 Å². The van der Waals surface area contributed by atoms with E-state index in [1.54, 1.807) is 18.4 Å². The molecule has 156 valence electrons. The monoisotopic (exact) mass is 510 g/mol. The number of likely N-dealkylation sites (tertiary alicyclic amines) is 1. The van der Waals surface area contributed by atoms with Crippen LogP contribution in [0.1, 0.15) is 31.6 Å². The third kappa shape index (κ3) is 8.64. The first-order valence-electron chi connectivity index (χ1n) is 9.55. The molecule has 1 saturated heterocycles. The molecule has 1 aliphatic heterocycles. The third-order valence-corrected chi connectivity index (χ3v) is 5.94. The van der Waals surface area contributed by atoms with Gasteiger partial charge in [0.05, 0.1) is 13.2 Å². The van der Waals surface area contributed by atoms with Crippen molar-refractivity contribution in [3.05, 3.63) is 22.4 Å². The highest BCUT2D eigenvalue weighted by molar-refractivity contribution is 14.0. The Hall–Kier alpha value is -0.420. The average molecular weight is 510 g/mol. The molecule has 0 radical (unpaired) electrons. The number of aliphatic hydroxyl groups is 1. The second kappa shape index (κ2) is 12.9. The van der Waals surface area contributed by atoms with Gasteiger partial charge in [-0.05, 0) is 57.1 Å². The first kappa shape index (κ1) is 24.6. The molecule has 1 aliphatic rings. The van der Waals surface area contributed by atoms with Crippen molar-refractivity contribution in [1.82, 2.24) is 15.5 Å². The summed E-state index contributed by atoms with van der Waals surface area (Å²) in [5.74, 6) is 1.45. The van der Waals surface area contributed by atoms with E-state index in [0.717, 1.165) is 50.2 Å². The lowest BCUT2D eigenvalue weighted by Crippen LogP contribution is -2.44. The quantitative estimate of drug-likeness (QED) is 0.271. The van der Waals surface area contributed by atoms with Crippen molar-refractivity contribution in [2.45, 2.75) is 32.3 Å². The van der Waals surface area contributed by atoms with Gasteiger partial charge in [-0.15, -0.1) is 35.3 Å². The summed E-state index contributed by atoms with van der Waals surface area (Å²) >= 11 is 1.56. The van der Waals surface area contributed by atoms with E-state index < -0.39 is 5.60 Å². The standard InChI is InChI=1S/C19H34N4O2S.HI/c1-4-20-18(22-15-19(2,24)17-6-5-13-26-17)21-14-16-7-9-23(10-8-16)11-12-25-3;/h5-6,13,16,24H,4,7-12,14-15H2,1-3H3,(H2,20,21,22);1H. The molecule has 0 saturated carbocycles. The number of nitrogens with zero attached hydrogens (tertiary/aromatic N) is 2. The van der Waals surface area contributed by atoms with Gasteiger partial charge in [-0.2, -0.15) is 0 Å². The fourth-order valence-corrected chi connectivity index (χ4v) is 3.89. The van der Waals surface area contributed by atoms with Crippen molar-refractivity contribution in [3.8, 4) is 0 Å². The highest BCUT2D eigenvalue weighted by Gasteiger charge is 2.24. The number of piperidine rings is 1.